The molecule has 1 atom stereocenters. The SMILES string of the molecule is Cc1cnc2nc(CC3CCCN3)[nH]c2c1. The minimum absolute atomic E-state index is 0.585. The molecule has 1 saturated heterocycles. The lowest BCUT2D eigenvalue weighted by atomic mass is 10.1. The predicted octanol–water partition coefficient (Wildman–Crippen LogP) is 1.56. The summed E-state index contributed by atoms with van der Waals surface area (Å²) in [7, 11) is 0. The standard InChI is InChI=1S/C12H16N4/c1-8-5-10-12(14-7-8)16-11(15-10)6-9-3-2-4-13-9/h5,7,9,13H,2-4,6H2,1H3,(H,14,15,16). The van der Waals surface area contributed by atoms with E-state index < -0.39 is 0 Å². The average Bonchev–Trinajstić information content (AvgIpc) is 2.86. The third-order valence-electron chi connectivity index (χ3n) is 3.13. The van der Waals surface area contributed by atoms with Crippen molar-refractivity contribution >= 4 is 11.2 Å². The number of nitrogens with zero attached hydrogens (tertiary/aromatic N) is 2. The number of imidazole rings is 1. The summed E-state index contributed by atoms with van der Waals surface area (Å²) in [6.07, 6.45) is 5.38. The van der Waals surface area contributed by atoms with Gasteiger partial charge in [-0.05, 0) is 37.9 Å². The van der Waals surface area contributed by atoms with Crippen LogP contribution >= 0.6 is 0 Å². The van der Waals surface area contributed by atoms with E-state index in [0.717, 1.165) is 30.0 Å². The highest BCUT2D eigenvalue weighted by atomic mass is 15.0. The van der Waals surface area contributed by atoms with E-state index >= 15 is 0 Å². The quantitative estimate of drug-likeness (QED) is 0.801. The van der Waals surface area contributed by atoms with Crippen molar-refractivity contribution in [2.24, 2.45) is 0 Å². The lowest BCUT2D eigenvalue weighted by Crippen LogP contribution is -2.24. The van der Waals surface area contributed by atoms with E-state index in [1.165, 1.54) is 18.4 Å². The lowest BCUT2D eigenvalue weighted by Gasteiger charge is -2.06. The largest absolute Gasteiger partial charge is 0.341 e. The van der Waals surface area contributed by atoms with Gasteiger partial charge in [0.05, 0.1) is 5.52 Å². The first-order valence-corrected chi connectivity index (χ1v) is 5.86. The molecular formula is C12H16N4. The molecule has 0 saturated carbocycles. The fourth-order valence-corrected chi connectivity index (χ4v) is 2.32. The van der Waals surface area contributed by atoms with Gasteiger partial charge in [-0.2, -0.15) is 0 Å². The maximum Gasteiger partial charge on any atom is 0.177 e. The monoisotopic (exact) mass is 216 g/mol. The molecule has 3 rings (SSSR count). The van der Waals surface area contributed by atoms with Gasteiger partial charge in [-0.3, -0.25) is 0 Å². The summed E-state index contributed by atoms with van der Waals surface area (Å²) in [4.78, 5) is 12.2. The van der Waals surface area contributed by atoms with E-state index in [2.05, 4.69) is 26.3 Å². The number of pyridine rings is 1. The van der Waals surface area contributed by atoms with Crippen LogP contribution in [0.5, 0.6) is 0 Å². The number of hydrogen-bond acceptors (Lipinski definition) is 3. The van der Waals surface area contributed by atoms with Crippen molar-refractivity contribution in [1.82, 2.24) is 20.3 Å². The molecule has 1 unspecified atom stereocenters. The van der Waals surface area contributed by atoms with Gasteiger partial charge >= 0.3 is 0 Å². The fourth-order valence-electron chi connectivity index (χ4n) is 2.32. The maximum absolute atomic E-state index is 4.51. The lowest BCUT2D eigenvalue weighted by molar-refractivity contribution is 0.589. The molecule has 4 nitrogen and oxygen atoms in total. The third kappa shape index (κ3) is 1.80. The number of aromatic nitrogens is 3. The highest BCUT2D eigenvalue weighted by molar-refractivity contribution is 5.70. The van der Waals surface area contributed by atoms with Crippen molar-refractivity contribution in [3.63, 3.8) is 0 Å². The van der Waals surface area contributed by atoms with Gasteiger partial charge in [-0.15, -0.1) is 0 Å². The highest BCUT2D eigenvalue weighted by Gasteiger charge is 2.16. The molecule has 4 heteroatoms. The van der Waals surface area contributed by atoms with Gasteiger partial charge in [0.2, 0.25) is 0 Å². The van der Waals surface area contributed by atoms with Crippen molar-refractivity contribution in [3.8, 4) is 0 Å². The molecule has 16 heavy (non-hydrogen) atoms. The summed E-state index contributed by atoms with van der Waals surface area (Å²) in [5.74, 6) is 1.05. The summed E-state index contributed by atoms with van der Waals surface area (Å²) < 4.78 is 0. The van der Waals surface area contributed by atoms with Gasteiger partial charge in [0.15, 0.2) is 5.65 Å². The topological polar surface area (TPSA) is 53.6 Å². The van der Waals surface area contributed by atoms with Gasteiger partial charge < -0.3 is 10.3 Å². The van der Waals surface area contributed by atoms with Crippen molar-refractivity contribution < 1.29 is 0 Å². The Morgan fingerprint density at radius 2 is 2.44 bits per heavy atom. The van der Waals surface area contributed by atoms with E-state index in [-0.39, 0.29) is 0 Å². The summed E-state index contributed by atoms with van der Waals surface area (Å²) in [6, 6.07) is 2.68. The van der Waals surface area contributed by atoms with Crippen molar-refractivity contribution in [1.29, 1.82) is 0 Å². The van der Waals surface area contributed by atoms with Crippen LogP contribution < -0.4 is 5.32 Å². The minimum atomic E-state index is 0.585. The van der Waals surface area contributed by atoms with Crippen LogP contribution in [0, 0.1) is 6.92 Å². The van der Waals surface area contributed by atoms with Crippen LogP contribution in [0.1, 0.15) is 24.2 Å². The zero-order chi connectivity index (χ0) is 11.0. The Kier molecular flexibility index (Phi) is 2.36. The van der Waals surface area contributed by atoms with E-state index in [1.807, 2.05) is 13.1 Å². The number of aromatic amines is 1. The molecule has 1 aliphatic rings. The molecule has 0 bridgehead atoms. The summed E-state index contributed by atoms with van der Waals surface area (Å²) >= 11 is 0. The van der Waals surface area contributed by atoms with E-state index in [1.54, 1.807) is 0 Å². The molecular weight excluding hydrogens is 200 g/mol. The third-order valence-corrected chi connectivity index (χ3v) is 3.13. The van der Waals surface area contributed by atoms with E-state index in [4.69, 9.17) is 0 Å². The summed E-state index contributed by atoms with van der Waals surface area (Å²) in [5.41, 5.74) is 3.05. The molecule has 0 aliphatic carbocycles. The molecule has 3 heterocycles. The Balaban J connectivity index is 1.86. The van der Waals surface area contributed by atoms with Crippen LogP contribution in [0.25, 0.3) is 11.2 Å². The number of fused-ring (bicyclic) bond motifs is 1. The van der Waals surface area contributed by atoms with Crippen LogP contribution in [-0.2, 0) is 6.42 Å². The number of H-pyrrole nitrogens is 1. The number of aryl methyl sites for hydroxylation is 1. The second kappa shape index (κ2) is 3.87. The first kappa shape index (κ1) is 9.78. The molecule has 2 aromatic heterocycles. The van der Waals surface area contributed by atoms with Crippen LogP contribution in [0.2, 0.25) is 0 Å². The first-order valence-electron chi connectivity index (χ1n) is 5.86. The zero-order valence-electron chi connectivity index (χ0n) is 9.45. The van der Waals surface area contributed by atoms with Crippen LogP contribution in [0.3, 0.4) is 0 Å². The normalized spacial score (nSPS) is 20.7. The van der Waals surface area contributed by atoms with Gasteiger partial charge in [0, 0.05) is 18.7 Å². The molecule has 1 aliphatic heterocycles. The van der Waals surface area contributed by atoms with E-state index in [0.29, 0.717) is 6.04 Å². The Morgan fingerprint density at radius 3 is 3.25 bits per heavy atom. The Morgan fingerprint density at radius 1 is 1.50 bits per heavy atom. The minimum Gasteiger partial charge on any atom is -0.341 e. The fraction of sp³-hybridized carbons (Fsp3) is 0.500. The second-order valence-corrected chi connectivity index (χ2v) is 4.56. The summed E-state index contributed by atoms with van der Waals surface area (Å²) in [5, 5.41) is 3.48. The van der Waals surface area contributed by atoms with Crippen LogP contribution in [0.4, 0.5) is 0 Å². The highest BCUT2D eigenvalue weighted by Crippen LogP contribution is 2.14. The molecule has 1 fully saturated rings. The Bertz CT molecular complexity index is 497. The van der Waals surface area contributed by atoms with Gasteiger partial charge in [-0.25, -0.2) is 9.97 Å². The molecule has 2 aromatic rings. The zero-order valence-corrected chi connectivity index (χ0v) is 9.45. The van der Waals surface area contributed by atoms with Crippen LogP contribution in [0.15, 0.2) is 12.3 Å². The van der Waals surface area contributed by atoms with Crippen molar-refractivity contribution in [2.45, 2.75) is 32.2 Å². The van der Waals surface area contributed by atoms with E-state index in [9.17, 15) is 0 Å². The molecule has 2 N–H and O–H groups in total. The molecule has 0 radical (unpaired) electrons. The number of nitrogens with one attached hydrogen (secondary N) is 2. The van der Waals surface area contributed by atoms with Gasteiger partial charge in [0.25, 0.3) is 0 Å². The van der Waals surface area contributed by atoms with Crippen molar-refractivity contribution in [2.75, 3.05) is 6.54 Å². The second-order valence-electron chi connectivity index (χ2n) is 4.56. The predicted molar refractivity (Wildman–Crippen MR) is 63.4 cm³/mol. The van der Waals surface area contributed by atoms with Crippen LogP contribution in [-0.4, -0.2) is 27.5 Å². The summed E-state index contributed by atoms with van der Waals surface area (Å²) in [6.45, 7) is 3.19. The first-order chi connectivity index (χ1) is 7.81. The smallest absolute Gasteiger partial charge is 0.177 e. The van der Waals surface area contributed by atoms with Gasteiger partial charge in [0.1, 0.15) is 5.82 Å². The number of rotatable bonds is 2. The Hall–Kier alpha value is -1.42. The molecule has 0 amide bonds. The maximum atomic E-state index is 4.51. The Labute approximate surface area is 94.5 Å². The molecule has 0 aromatic carbocycles. The molecule has 0 spiro atoms. The van der Waals surface area contributed by atoms with Gasteiger partial charge in [-0.1, -0.05) is 0 Å². The average molecular weight is 216 g/mol. The van der Waals surface area contributed by atoms with Crippen molar-refractivity contribution in [3.05, 3.63) is 23.7 Å². The molecule has 84 valence electrons. The number of hydrogen-bond donors (Lipinski definition) is 2.